The van der Waals surface area contributed by atoms with Gasteiger partial charge in [-0.25, -0.2) is 0 Å². The molecule has 0 aliphatic heterocycles. The number of nitrogens with zero attached hydrogens (tertiary/aromatic N) is 2. The molecular formula is C14H25N3O. The van der Waals surface area contributed by atoms with Crippen LogP contribution in [0.2, 0.25) is 0 Å². The molecule has 0 aromatic carbocycles. The number of hydrogen-bond acceptors (Lipinski definition) is 4. The van der Waals surface area contributed by atoms with Crippen molar-refractivity contribution in [1.29, 1.82) is 0 Å². The van der Waals surface area contributed by atoms with Gasteiger partial charge in [0.15, 0.2) is 5.82 Å². The molecular weight excluding hydrogens is 226 g/mol. The fourth-order valence-electron chi connectivity index (χ4n) is 2.38. The summed E-state index contributed by atoms with van der Waals surface area (Å²) in [6.07, 6.45) is 4.62. The Morgan fingerprint density at radius 2 is 2.11 bits per heavy atom. The zero-order valence-electron chi connectivity index (χ0n) is 12.0. The molecule has 4 heteroatoms. The van der Waals surface area contributed by atoms with Gasteiger partial charge in [-0.1, -0.05) is 32.9 Å². The molecule has 0 spiro atoms. The maximum absolute atomic E-state index is 5.30. The maximum Gasteiger partial charge on any atom is 0.226 e. The molecule has 18 heavy (non-hydrogen) atoms. The molecule has 102 valence electrons. The highest BCUT2D eigenvalue weighted by atomic mass is 16.5. The molecule has 1 aliphatic carbocycles. The van der Waals surface area contributed by atoms with E-state index in [1.807, 2.05) is 0 Å². The first kappa shape index (κ1) is 13.5. The number of rotatable bonds is 6. The van der Waals surface area contributed by atoms with Crippen LogP contribution in [0.25, 0.3) is 0 Å². The molecule has 1 heterocycles. The molecule has 2 rings (SSSR count). The van der Waals surface area contributed by atoms with Crippen molar-refractivity contribution in [1.82, 2.24) is 15.5 Å². The molecule has 1 N–H and O–H groups in total. The molecule has 1 saturated carbocycles. The van der Waals surface area contributed by atoms with Crippen LogP contribution in [-0.4, -0.2) is 16.2 Å². The molecule has 1 aromatic rings. The lowest BCUT2D eigenvalue weighted by atomic mass is 9.84. The van der Waals surface area contributed by atoms with Crippen molar-refractivity contribution >= 4 is 0 Å². The summed E-state index contributed by atoms with van der Waals surface area (Å²) in [5, 5.41) is 7.41. The van der Waals surface area contributed by atoms with Gasteiger partial charge in [0.2, 0.25) is 5.89 Å². The second-order valence-corrected chi connectivity index (χ2v) is 6.83. The lowest BCUT2D eigenvalue weighted by molar-refractivity contribution is 0.282. The third kappa shape index (κ3) is 4.77. The monoisotopic (exact) mass is 251 g/mol. The van der Waals surface area contributed by atoms with E-state index in [1.54, 1.807) is 0 Å². The average Bonchev–Trinajstić information content (AvgIpc) is 2.94. The van der Waals surface area contributed by atoms with Crippen LogP contribution in [0.5, 0.6) is 0 Å². The van der Waals surface area contributed by atoms with Gasteiger partial charge in [-0.2, -0.15) is 4.98 Å². The molecule has 1 atom stereocenters. The van der Waals surface area contributed by atoms with Crippen molar-refractivity contribution < 1.29 is 4.52 Å². The van der Waals surface area contributed by atoms with Crippen LogP contribution in [0.4, 0.5) is 0 Å². The van der Waals surface area contributed by atoms with Gasteiger partial charge in [0, 0.05) is 12.5 Å². The summed E-state index contributed by atoms with van der Waals surface area (Å²) in [6, 6.07) is 0.687. The van der Waals surface area contributed by atoms with Gasteiger partial charge in [-0.15, -0.1) is 0 Å². The van der Waals surface area contributed by atoms with Gasteiger partial charge in [0.05, 0.1) is 6.54 Å². The molecule has 0 amide bonds. The van der Waals surface area contributed by atoms with E-state index >= 15 is 0 Å². The molecule has 0 radical (unpaired) electrons. The topological polar surface area (TPSA) is 51.0 Å². The molecule has 1 fully saturated rings. The summed E-state index contributed by atoms with van der Waals surface area (Å²) < 4.78 is 5.30. The van der Waals surface area contributed by atoms with Crippen LogP contribution in [-0.2, 0) is 13.0 Å². The summed E-state index contributed by atoms with van der Waals surface area (Å²) in [7, 11) is 0. The third-order valence-electron chi connectivity index (χ3n) is 3.12. The zero-order chi connectivity index (χ0) is 13.2. The molecule has 0 saturated heterocycles. The summed E-state index contributed by atoms with van der Waals surface area (Å²) in [5.41, 5.74) is 0.357. The van der Waals surface area contributed by atoms with Gasteiger partial charge < -0.3 is 9.84 Å². The maximum atomic E-state index is 5.30. The molecule has 1 aliphatic rings. The van der Waals surface area contributed by atoms with Gasteiger partial charge in [-0.05, 0) is 30.6 Å². The van der Waals surface area contributed by atoms with Crippen LogP contribution in [0.1, 0.15) is 58.7 Å². The second kappa shape index (κ2) is 5.39. The van der Waals surface area contributed by atoms with Crippen LogP contribution in [0.3, 0.4) is 0 Å². The van der Waals surface area contributed by atoms with Gasteiger partial charge >= 0.3 is 0 Å². The Morgan fingerprint density at radius 1 is 1.39 bits per heavy atom. The van der Waals surface area contributed by atoms with Crippen LogP contribution in [0, 0.1) is 11.3 Å². The lowest BCUT2D eigenvalue weighted by Gasteiger charge is -2.22. The summed E-state index contributed by atoms with van der Waals surface area (Å²) in [6.45, 7) is 9.78. The van der Waals surface area contributed by atoms with E-state index in [9.17, 15) is 0 Å². The number of nitrogens with one attached hydrogen (secondary N) is 1. The average molecular weight is 251 g/mol. The van der Waals surface area contributed by atoms with E-state index in [-0.39, 0.29) is 0 Å². The summed E-state index contributed by atoms with van der Waals surface area (Å²) in [4.78, 5) is 4.44. The summed E-state index contributed by atoms with van der Waals surface area (Å²) >= 11 is 0. The molecule has 4 nitrogen and oxygen atoms in total. The number of hydrogen-bond donors (Lipinski definition) is 1. The van der Waals surface area contributed by atoms with Crippen LogP contribution in [0.15, 0.2) is 4.52 Å². The first-order valence-electron chi connectivity index (χ1n) is 6.97. The highest BCUT2D eigenvalue weighted by Gasteiger charge is 2.21. The normalized spacial score (nSPS) is 18.0. The van der Waals surface area contributed by atoms with E-state index in [1.165, 1.54) is 19.3 Å². The van der Waals surface area contributed by atoms with Crippen molar-refractivity contribution in [2.75, 3.05) is 0 Å². The van der Waals surface area contributed by atoms with Crippen molar-refractivity contribution in [2.45, 2.75) is 66.0 Å². The SMILES string of the molecule is CC(Cc1nc(CNC2CC2)no1)CC(C)(C)C. The summed E-state index contributed by atoms with van der Waals surface area (Å²) in [5.74, 6) is 2.15. The standard InChI is InChI=1S/C14H25N3O/c1-10(8-14(2,3)4)7-13-16-12(17-18-13)9-15-11-5-6-11/h10-11,15H,5-9H2,1-4H3. The van der Waals surface area contributed by atoms with Crippen LogP contribution < -0.4 is 5.32 Å². The van der Waals surface area contributed by atoms with Crippen molar-refractivity contribution in [3.8, 4) is 0 Å². The van der Waals surface area contributed by atoms with Gasteiger partial charge in [0.25, 0.3) is 0 Å². The fourth-order valence-corrected chi connectivity index (χ4v) is 2.38. The predicted octanol–water partition coefficient (Wildman–Crippen LogP) is 2.94. The Hall–Kier alpha value is -0.900. The minimum absolute atomic E-state index is 0.357. The van der Waals surface area contributed by atoms with E-state index in [2.05, 4.69) is 43.2 Å². The minimum atomic E-state index is 0.357. The fraction of sp³-hybridized carbons (Fsp3) is 0.857. The Balaban J connectivity index is 1.77. The largest absolute Gasteiger partial charge is 0.339 e. The Morgan fingerprint density at radius 3 is 2.72 bits per heavy atom. The first-order chi connectivity index (χ1) is 8.42. The predicted molar refractivity (Wildman–Crippen MR) is 71.1 cm³/mol. The smallest absolute Gasteiger partial charge is 0.226 e. The molecule has 1 aromatic heterocycles. The highest BCUT2D eigenvalue weighted by molar-refractivity contribution is 4.90. The lowest BCUT2D eigenvalue weighted by Crippen LogP contribution is -2.16. The quantitative estimate of drug-likeness (QED) is 0.844. The van der Waals surface area contributed by atoms with Gasteiger partial charge in [-0.3, -0.25) is 0 Å². The Kier molecular flexibility index (Phi) is 4.05. The van der Waals surface area contributed by atoms with Crippen molar-refractivity contribution in [3.63, 3.8) is 0 Å². The van der Waals surface area contributed by atoms with E-state index in [0.717, 1.165) is 24.7 Å². The number of aromatic nitrogens is 2. The second-order valence-electron chi connectivity index (χ2n) is 6.83. The van der Waals surface area contributed by atoms with E-state index < -0.39 is 0 Å². The third-order valence-corrected chi connectivity index (χ3v) is 3.12. The van der Waals surface area contributed by atoms with Crippen LogP contribution >= 0.6 is 0 Å². The van der Waals surface area contributed by atoms with E-state index in [0.29, 0.717) is 17.4 Å². The highest BCUT2D eigenvalue weighted by Crippen LogP contribution is 2.26. The minimum Gasteiger partial charge on any atom is -0.339 e. The zero-order valence-corrected chi connectivity index (χ0v) is 12.0. The van der Waals surface area contributed by atoms with Crippen molar-refractivity contribution in [2.24, 2.45) is 11.3 Å². The van der Waals surface area contributed by atoms with Crippen molar-refractivity contribution in [3.05, 3.63) is 11.7 Å². The van der Waals surface area contributed by atoms with E-state index in [4.69, 9.17) is 4.52 Å². The Bertz CT molecular complexity index is 377. The molecule has 1 unspecified atom stereocenters. The first-order valence-corrected chi connectivity index (χ1v) is 6.97. The Labute approximate surface area is 110 Å². The van der Waals surface area contributed by atoms with Gasteiger partial charge in [0.1, 0.15) is 0 Å². The molecule has 0 bridgehead atoms.